The molecule has 0 aliphatic carbocycles. The van der Waals surface area contributed by atoms with Crippen molar-refractivity contribution in [2.75, 3.05) is 26.2 Å². The predicted molar refractivity (Wildman–Crippen MR) is 117 cm³/mol. The molecule has 0 bridgehead atoms. The van der Waals surface area contributed by atoms with Gasteiger partial charge in [0.1, 0.15) is 0 Å². The molecule has 0 spiro atoms. The number of guanidine groups is 1. The number of carbonyl (C=O) groups is 1. The molecule has 2 saturated heterocycles. The van der Waals surface area contributed by atoms with E-state index < -0.39 is 0 Å². The minimum Gasteiger partial charge on any atom is -0.370 e. The monoisotopic (exact) mass is 470 g/mol. The van der Waals surface area contributed by atoms with Crippen molar-refractivity contribution in [1.29, 1.82) is 0 Å². The van der Waals surface area contributed by atoms with Gasteiger partial charge in [-0.2, -0.15) is 0 Å². The van der Waals surface area contributed by atoms with Crippen LogP contribution in [0.5, 0.6) is 0 Å². The second-order valence-corrected chi connectivity index (χ2v) is 7.39. The van der Waals surface area contributed by atoms with Crippen LogP contribution in [0, 0.1) is 5.92 Å². The van der Waals surface area contributed by atoms with Gasteiger partial charge in [-0.25, -0.2) is 4.99 Å². The van der Waals surface area contributed by atoms with E-state index in [2.05, 4.69) is 16.8 Å². The van der Waals surface area contributed by atoms with Crippen molar-refractivity contribution in [3.8, 4) is 0 Å². The van der Waals surface area contributed by atoms with Gasteiger partial charge < -0.3 is 15.5 Å². The molecule has 2 aliphatic rings. The average molecular weight is 470 g/mol. The number of hydrogen-bond donors (Lipinski definition) is 1. The molecule has 6 heteroatoms. The summed E-state index contributed by atoms with van der Waals surface area (Å²) in [5, 5.41) is 0. The zero-order chi connectivity index (χ0) is 17.6. The van der Waals surface area contributed by atoms with Crippen molar-refractivity contribution < 1.29 is 4.79 Å². The van der Waals surface area contributed by atoms with Crippen LogP contribution in [0.1, 0.15) is 54.9 Å². The first-order valence-electron chi connectivity index (χ1n) is 9.56. The Bertz CT molecular complexity index is 603. The zero-order valence-corrected chi connectivity index (χ0v) is 18.0. The van der Waals surface area contributed by atoms with E-state index in [-0.39, 0.29) is 29.9 Å². The Balaban J connectivity index is 0.00000243. The van der Waals surface area contributed by atoms with Crippen LogP contribution < -0.4 is 5.73 Å². The van der Waals surface area contributed by atoms with Crippen molar-refractivity contribution >= 4 is 35.8 Å². The second-order valence-electron chi connectivity index (χ2n) is 7.39. The van der Waals surface area contributed by atoms with Gasteiger partial charge in [-0.3, -0.25) is 4.79 Å². The molecular formula is C20H31IN4O. The van der Waals surface area contributed by atoms with Gasteiger partial charge in [-0.05, 0) is 55.7 Å². The molecule has 0 atom stereocenters. The predicted octanol–water partition coefficient (Wildman–Crippen LogP) is 3.48. The Hall–Kier alpha value is -1.31. The largest absolute Gasteiger partial charge is 0.370 e. The van der Waals surface area contributed by atoms with E-state index in [1.807, 2.05) is 29.2 Å². The van der Waals surface area contributed by atoms with Crippen LogP contribution in [0.2, 0.25) is 0 Å². The third kappa shape index (κ3) is 5.59. The first-order chi connectivity index (χ1) is 12.1. The van der Waals surface area contributed by atoms with Crippen molar-refractivity contribution in [2.24, 2.45) is 16.6 Å². The number of aliphatic imine (C=N–C) groups is 1. The van der Waals surface area contributed by atoms with Crippen molar-refractivity contribution in [3.63, 3.8) is 0 Å². The van der Waals surface area contributed by atoms with Gasteiger partial charge in [-0.15, -0.1) is 24.0 Å². The number of carbonyl (C=O) groups excluding carboxylic acids is 1. The highest BCUT2D eigenvalue weighted by Gasteiger charge is 2.18. The van der Waals surface area contributed by atoms with E-state index in [0.29, 0.717) is 12.5 Å². The number of hydrogen-bond acceptors (Lipinski definition) is 2. The number of piperidine rings is 2. The van der Waals surface area contributed by atoms with E-state index in [1.54, 1.807) is 0 Å². The van der Waals surface area contributed by atoms with Gasteiger partial charge in [0.25, 0.3) is 5.91 Å². The number of amides is 1. The summed E-state index contributed by atoms with van der Waals surface area (Å²) in [6.07, 6.45) is 5.84. The fourth-order valence-corrected chi connectivity index (χ4v) is 3.54. The molecule has 0 aromatic heterocycles. The quantitative estimate of drug-likeness (QED) is 0.418. The van der Waals surface area contributed by atoms with Gasteiger partial charge in [0, 0.05) is 31.7 Å². The number of benzene rings is 1. The third-order valence-corrected chi connectivity index (χ3v) is 5.38. The normalized spacial score (nSPS) is 19.2. The summed E-state index contributed by atoms with van der Waals surface area (Å²) in [6, 6.07) is 7.82. The molecule has 144 valence electrons. The lowest BCUT2D eigenvalue weighted by Crippen LogP contribution is -2.42. The molecule has 0 radical (unpaired) electrons. The fourth-order valence-electron chi connectivity index (χ4n) is 3.54. The third-order valence-electron chi connectivity index (χ3n) is 5.38. The number of nitrogens with zero attached hydrogens (tertiary/aromatic N) is 3. The van der Waals surface area contributed by atoms with E-state index in [1.165, 1.54) is 19.3 Å². The highest BCUT2D eigenvalue weighted by Crippen LogP contribution is 2.16. The average Bonchev–Trinajstić information content (AvgIpc) is 2.67. The molecule has 0 saturated carbocycles. The first kappa shape index (κ1) is 21.0. The summed E-state index contributed by atoms with van der Waals surface area (Å²) in [4.78, 5) is 21.2. The van der Waals surface area contributed by atoms with Crippen LogP contribution in [0.25, 0.3) is 0 Å². The maximum atomic E-state index is 12.5. The molecule has 3 rings (SSSR count). The minimum atomic E-state index is 0. The van der Waals surface area contributed by atoms with E-state index >= 15 is 0 Å². The van der Waals surface area contributed by atoms with Crippen LogP contribution in [0.4, 0.5) is 0 Å². The molecule has 2 heterocycles. The van der Waals surface area contributed by atoms with Crippen LogP contribution in [-0.2, 0) is 6.54 Å². The maximum Gasteiger partial charge on any atom is 0.253 e. The molecule has 1 aromatic carbocycles. The minimum absolute atomic E-state index is 0. The smallest absolute Gasteiger partial charge is 0.253 e. The Labute approximate surface area is 174 Å². The van der Waals surface area contributed by atoms with Gasteiger partial charge in [-0.1, -0.05) is 19.1 Å². The Morgan fingerprint density at radius 1 is 1.04 bits per heavy atom. The standard InChI is InChI=1S/C20H30N4O.HI/c1-16-9-13-24(14-10-16)20(21)22-15-17-5-7-18(8-6-17)19(25)23-11-3-2-4-12-23;/h5-8,16H,2-4,9-15H2,1H3,(H2,21,22);1H. The van der Waals surface area contributed by atoms with Crippen molar-refractivity contribution in [3.05, 3.63) is 35.4 Å². The number of likely N-dealkylation sites (tertiary alicyclic amines) is 2. The molecule has 1 aromatic rings. The Kier molecular flexibility index (Phi) is 8.18. The molecular weight excluding hydrogens is 439 g/mol. The molecule has 2 aliphatic heterocycles. The van der Waals surface area contributed by atoms with Crippen LogP contribution in [0.3, 0.4) is 0 Å². The molecule has 2 fully saturated rings. The molecule has 1 amide bonds. The van der Waals surface area contributed by atoms with Crippen LogP contribution in [0.15, 0.2) is 29.3 Å². The highest BCUT2D eigenvalue weighted by molar-refractivity contribution is 14.0. The van der Waals surface area contributed by atoms with Gasteiger partial charge in [0.15, 0.2) is 5.96 Å². The lowest BCUT2D eigenvalue weighted by Gasteiger charge is -2.31. The first-order valence-corrected chi connectivity index (χ1v) is 9.56. The van der Waals surface area contributed by atoms with Gasteiger partial charge >= 0.3 is 0 Å². The number of rotatable bonds is 3. The molecule has 0 unspecified atom stereocenters. The lowest BCUT2D eigenvalue weighted by atomic mass is 10.00. The lowest BCUT2D eigenvalue weighted by molar-refractivity contribution is 0.0724. The molecule has 5 nitrogen and oxygen atoms in total. The van der Waals surface area contributed by atoms with E-state index in [4.69, 9.17) is 5.73 Å². The molecule has 2 N–H and O–H groups in total. The summed E-state index contributed by atoms with van der Waals surface area (Å²) >= 11 is 0. The van der Waals surface area contributed by atoms with E-state index in [9.17, 15) is 4.79 Å². The summed E-state index contributed by atoms with van der Waals surface area (Å²) in [5.41, 5.74) is 7.99. The SMILES string of the molecule is CC1CCN(C(N)=NCc2ccc(C(=O)N3CCCCC3)cc2)CC1.I. The van der Waals surface area contributed by atoms with Crippen LogP contribution >= 0.6 is 24.0 Å². The summed E-state index contributed by atoms with van der Waals surface area (Å²) in [5.74, 6) is 1.58. The van der Waals surface area contributed by atoms with Crippen LogP contribution in [-0.4, -0.2) is 47.8 Å². The second kappa shape index (κ2) is 10.1. The Morgan fingerprint density at radius 3 is 2.27 bits per heavy atom. The van der Waals surface area contributed by atoms with E-state index in [0.717, 1.165) is 56.1 Å². The topological polar surface area (TPSA) is 61.9 Å². The fraction of sp³-hybridized carbons (Fsp3) is 0.600. The maximum absolute atomic E-state index is 12.5. The highest BCUT2D eigenvalue weighted by atomic mass is 127. The summed E-state index contributed by atoms with van der Waals surface area (Å²) in [6.45, 7) is 6.62. The van der Waals surface area contributed by atoms with Crippen molar-refractivity contribution in [2.45, 2.75) is 45.6 Å². The summed E-state index contributed by atoms with van der Waals surface area (Å²) < 4.78 is 0. The van der Waals surface area contributed by atoms with Crippen molar-refractivity contribution in [1.82, 2.24) is 9.80 Å². The number of nitrogens with two attached hydrogens (primary N) is 1. The zero-order valence-electron chi connectivity index (χ0n) is 15.7. The van der Waals surface area contributed by atoms with Gasteiger partial charge in [0.2, 0.25) is 0 Å². The Morgan fingerprint density at radius 2 is 1.65 bits per heavy atom. The van der Waals surface area contributed by atoms with Gasteiger partial charge in [0.05, 0.1) is 6.54 Å². The summed E-state index contributed by atoms with van der Waals surface area (Å²) in [7, 11) is 0. The molecule has 26 heavy (non-hydrogen) atoms. The number of halogens is 1.